The molecule has 3 rings (SSSR count). The third kappa shape index (κ3) is 4.48. The molecular weight excluding hydrogens is 390 g/mol. The first-order valence-electron chi connectivity index (χ1n) is 9.63. The smallest absolute Gasteiger partial charge is 0.223 e. The van der Waals surface area contributed by atoms with E-state index < -0.39 is 0 Å². The van der Waals surface area contributed by atoms with Gasteiger partial charge in [-0.15, -0.1) is 0 Å². The third-order valence-electron chi connectivity index (χ3n) is 5.13. The standard InChI is InChI=1S/C22H26ClN3O3/c1-5-25(6-2)22(27)12-19(15-9-17(28-3)11-18(10-15)29-4)20-13-24-21-8-7-16(23)14-26(20)21/h7-11,13-14,19H,5-6,12H2,1-4H3. The highest BCUT2D eigenvalue weighted by molar-refractivity contribution is 6.30. The second kappa shape index (κ2) is 9.18. The molecule has 0 bridgehead atoms. The van der Waals surface area contributed by atoms with Gasteiger partial charge < -0.3 is 18.8 Å². The molecule has 0 fully saturated rings. The molecular formula is C22H26ClN3O3. The van der Waals surface area contributed by atoms with Gasteiger partial charge >= 0.3 is 0 Å². The zero-order valence-corrected chi connectivity index (χ0v) is 17.9. The molecule has 1 atom stereocenters. The molecule has 1 amide bonds. The summed E-state index contributed by atoms with van der Waals surface area (Å²) in [6.45, 7) is 5.31. The number of hydrogen-bond donors (Lipinski definition) is 0. The first-order chi connectivity index (χ1) is 14.0. The van der Waals surface area contributed by atoms with Crippen LogP contribution in [0.15, 0.2) is 42.7 Å². The van der Waals surface area contributed by atoms with Crippen LogP contribution in [0.3, 0.4) is 0 Å². The molecule has 6 nitrogen and oxygen atoms in total. The number of benzene rings is 1. The van der Waals surface area contributed by atoms with E-state index in [9.17, 15) is 4.79 Å². The van der Waals surface area contributed by atoms with Crippen LogP contribution in [0, 0.1) is 0 Å². The fourth-order valence-corrected chi connectivity index (χ4v) is 3.70. The Balaban J connectivity index is 2.14. The Morgan fingerprint density at radius 1 is 1.14 bits per heavy atom. The lowest BCUT2D eigenvalue weighted by molar-refractivity contribution is -0.131. The predicted molar refractivity (Wildman–Crippen MR) is 114 cm³/mol. The van der Waals surface area contributed by atoms with Crippen molar-refractivity contribution in [2.45, 2.75) is 26.2 Å². The molecule has 29 heavy (non-hydrogen) atoms. The Kier molecular flexibility index (Phi) is 6.64. The number of nitrogens with zero attached hydrogens (tertiary/aromatic N) is 3. The lowest BCUT2D eigenvalue weighted by Crippen LogP contribution is -2.31. The van der Waals surface area contributed by atoms with Gasteiger partial charge in [0.15, 0.2) is 0 Å². The van der Waals surface area contributed by atoms with Crippen LogP contribution in [0.25, 0.3) is 5.65 Å². The average molecular weight is 416 g/mol. The number of imidazole rings is 1. The van der Waals surface area contributed by atoms with Gasteiger partial charge in [-0.2, -0.15) is 0 Å². The van der Waals surface area contributed by atoms with Gasteiger partial charge in [0, 0.05) is 43.9 Å². The van der Waals surface area contributed by atoms with Gasteiger partial charge in [-0.1, -0.05) is 11.6 Å². The summed E-state index contributed by atoms with van der Waals surface area (Å²) in [5.74, 6) is 1.19. The monoisotopic (exact) mass is 415 g/mol. The Morgan fingerprint density at radius 3 is 2.38 bits per heavy atom. The highest BCUT2D eigenvalue weighted by atomic mass is 35.5. The van der Waals surface area contributed by atoms with E-state index in [1.807, 2.05) is 53.6 Å². The molecule has 0 spiro atoms. The van der Waals surface area contributed by atoms with E-state index in [4.69, 9.17) is 21.1 Å². The lowest BCUT2D eigenvalue weighted by Gasteiger charge is -2.24. The van der Waals surface area contributed by atoms with Crippen molar-refractivity contribution in [2.24, 2.45) is 0 Å². The minimum absolute atomic E-state index is 0.0822. The van der Waals surface area contributed by atoms with Crippen LogP contribution in [0.2, 0.25) is 5.02 Å². The summed E-state index contributed by atoms with van der Waals surface area (Å²) in [6.07, 6.45) is 3.93. The van der Waals surface area contributed by atoms with Crippen LogP contribution < -0.4 is 9.47 Å². The van der Waals surface area contributed by atoms with Crippen molar-refractivity contribution in [2.75, 3.05) is 27.3 Å². The van der Waals surface area contributed by atoms with Gasteiger partial charge in [-0.25, -0.2) is 4.98 Å². The summed E-state index contributed by atoms with van der Waals surface area (Å²) in [7, 11) is 3.23. The van der Waals surface area contributed by atoms with E-state index in [0.717, 1.165) is 16.9 Å². The fraction of sp³-hybridized carbons (Fsp3) is 0.364. The minimum atomic E-state index is -0.236. The summed E-state index contributed by atoms with van der Waals surface area (Å²) >= 11 is 6.23. The van der Waals surface area contributed by atoms with Gasteiger partial charge in [-0.05, 0) is 43.7 Å². The first-order valence-corrected chi connectivity index (χ1v) is 10.0. The van der Waals surface area contributed by atoms with Gasteiger partial charge in [0.05, 0.1) is 24.9 Å². The van der Waals surface area contributed by atoms with E-state index in [2.05, 4.69) is 4.98 Å². The van der Waals surface area contributed by atoms with E-state index in [1.54, 1.807) is 26.5 Å². The summed E-state index contributed by atoms with van der Waals surface area (Å²) in [6, 6.07) is 9.36. The van der Waals surface area contributed by atoms with Crippen LogP contribution in [0.1, 0.15) is 37.4 Å². The molecule has 3 aromatic rings. The second-order valence-electron chi connectivity index (χ2n) is 6.73. The van der Waals surface area contributed by atoms with Crippen LogP contribution in [0.5, 0.6) is 11.5 Å². The summed E-state index contributed by atoms with van der Waals surface area (Å²) in [5, 5.41) is 0.605. The van der Waals surface area contributed by atoms with Crippen molar-refractivity contribution in [1.82, 2.24) is 14.3 Å². The molecule has 1 aromatic carbocycles. The average Bonchev–Trinajstić information content (AvgIpc) is 3.15. The number of pyridine rings is 1. The van der Waals surface area contributed by atoms with Crippen molar-refractivity contribution >= 4 is 23.2 Å². The quantitative estimate of drug-likeness (QED) is 0.547. The van der Waals surface area contributed by atoms with E-state index in [-0.39, 0.29) is 11.8 Å². The van der Waals surface area contributed by atoms with Crippen molar-refractivity contribution in [3.05, 3.63) is 59.0 Å². The number of rotatable bonds is 8. The van der Waals surface area contributed by atoms with Gasteiger partial charge in [0.2, 0.25) is 5.91 Å². The number of methoxy groups -OCH3 is 2. The Morgan fingerprint density at radius 2 is 1.79 bits per heavy atom. The molecule has 0 N–H and O–H groups in total. The molecule has 0 aliphatic rings. The molecule has 154 valence electrons. The number of carbonyl (C=O) groups excluding carboxylic acids is 1. The van der Waals surface area contributed by atoms with Crippen molar-refractivity contribution in [3.63, 3.8) is 0 Å². The van der Waals surface area contributed by atoms with Crippen molar-refractivity contribution in [1.29, 1.82) is 0 Å². The molecule has 0 aliphatic heterocycles. The van der Waals surface area contributed by atoms with Gasteiger partial charge in [-0.3, -0.25) is 4.79 Å². The third-order valence-corrected chi connectivity index (χ3v) is 5.35. The second-order valence-corrected chi connectivity index (χ2v) is 7.16. The minimum Gasteiger partial charge on any atom is -0.497 e. The number of fused-ring (bicyclic) bond motifs is 1. The van der Waals surface area contributed by atoms with Crippen molar-refractivity contribution < 1.29 is 14.3 Å². The Hall–Kier alpha value is -2.73. The number of halogens is 1. The molecule has 2 aromatic heterocycles. The van der Waals surface area contributed by atoms with Crippen LogP contribution in [-0.4, -0.2) is 47.5 Å². The number of carbonyl (C=O) groups is 1. The largest absolute Gasteiger partial charge is 0.497 e. The lowest BCUT2D eigenvalue weighted by atomic mass is 9.91. The zero-order chi connectivity index (χ0) is 21.0. The maximum atomic E-state index is 13.0. The summed E-state index contributed by atoms with van der Waals surface area (Å²) in [4.78, 5) is 19.3. The Labute approximate surface area is 176 Å². The Bertz CT molecular complexity index is 976. The van der Waals surface area contributed by atoms with E-state index >= 15 is 0 Å². The molecule has 0 saturated heterocycles. The van der Waals surface area contributed by atoms with Crippen molar-refractivity contribution in [3.8, 4) is 11.5 Å². The number of aromatic nitrogens is 2. The zero-order valence-electron chi connectivity index (χ0n) is 17.2. The maximum Gasteiger partial charge on any atom is 0.223 e. The normalized spacial score (nSPS) is 12.0. The topological polar surface area (TPSA) is 56.1 Å². The molecule has 0 saturated carbocycles. The van der Waals surface area contributed by atoms with Gasteiger partial charge in [0.1, 0.15) is 17.1 Å². The number of ether oxygens (including phenoxy) is 2. The molecule has 2 heterocycles. The van der Waals surface area contributed by atoms with Crippen LogP contribution in [-0.2, 0) is 4.79 Å². The predicted octanol–water partition coefficient (Wildman–Crippen LogP) is 4.40. The molecule has 1 unspecified atom stereocenters. The summed E-state index contributed by atoms with van der Waals surface area (Å²) < 4.78 is 12.8. The SMILES string of the molecule is CCN(CC)C(=O)CC(c1cc(OC)cc(OC)c1)c1cnc2ccc(Cl)cn12. The molecule has 7 heteroatoms. The highest BCUT2D eigenvalue weighted by Crippen LogP contribution is 2.34. The summed E-state index contributed by atoms with van der Waals surface area (Å²) in [5.41, 5.74) is 2.58. The molecule has 0 aliphatic carbocycles. The first kappa shape index (κ1) is 21.0. The van der Waals surface area contributed by atoms with Crippen LogP contribution >= 0.6 is 11.6 Å². The number of hydrogen-bond acceptors (Lipinski definition) is 4. The van der Waals surface area contributed by atoms with Gasteiger partial charge in [0.25, 0.3) is 0 Å². The highest BCUT2D eigenvalue weighted by Gasteiger charge is 2.25. The van der Waals surface area contributed by atoms with E-state index in [1.165, 1.54) is 0 Å². The molecule has 0 radical (unpaired) electrons. The maximum absolute atomic E-state index is 13.0. The number of amides is 1. The fourth-order valence-electron chi connectivity index (χ4n) is 3.54. The van der Waals surface area contributed by atoms with E-state index in [0.29, 0.717) is 36.0 Å². The van der Waals surface area contributed by atoms with Crippen LogP contribution in [0.4, 0.5) is 0 Å².